The number of aromatic nitrogens is 4. The van der Waals surface area contributed by atoms with Crippen molar-refractivity contribution in [3.05, 3.63) is 36.2 Å². The molecule has 0 aliphatic rings. The number of rotatable bonds is 10. The van der Waals surface area contributed by atoms with Crippen molar-refractivity contribution in [1.82, 2.24) is 25.1 Å². The summed E-state index contributed by atoms with van der Waals surface area (Å²) in [7, 11) is 0. The van der Waals surface area contributed by atoms with Crippen molar-refractivity contribution in [1.29, 1.82) is 0 Å². The molecule has 0 fully saturated rings. The van der Waals surface area contributed by atoms with E-state index in [2.05, 4.69) is 34.3 Å². The van der Waals surface area contributed by atoms with Crippen LogP contribution < -0.4 is 4.74 Å². The number of esters is 1. The van der Waals surface area contributed by atoms with Crippen LogP contribution in [0.3, 0.4) is 0 Å². The third-order valence-electron chi connectivity index (χ3n) is 3.88. The molecule has 0 aliphatic carbocycles. The largest absolute Gasteiger partial charge is 0.427 e. The molecule has 7 nitrogen and oxygen atoms in total. The van der Waals surface area contributed by atoms with E-state index in [1.807, 2.05) is 18.2 Å². The summed E-state index contributed by atoms with van der Waals surface area (Å²) in [5, 5.41) is 11.8. The Morgan fingerprint density at radius 2 is 1.96 bits per heavy atom. The van der Waals surface area contributed by atoms with Crippen LogP contribution in [0.2, 0.25) is 0 Å². The summed E-state index contributed by atoms with van der Waals surface area (Å²) in [4.78, 5) is 14.2. The summed E-state index contributed by atoms with van der Waals surface area (Å²) in [6.45, 7) is 7.87. The molecule has 0 unspecified atom stereocenters. The van der Waals surface area contributed by atoms with Gasteiger partial charge >= 0.3 is 5.97 Å². The second kappa shape index (κ2) is 9.77. The van der Waals surface area contributed by atoms with E-state index in [0.29, 0.717) is 25.1 Å². The van der Waals surface area contributed by atoms with Gasteiger partial charge in [-0.3, -0.25) is 4.79 Å². The zero-order valence-electron chi connectivity index (χ0n) is 14.4. The minimum atomic E-state index is -0.237. The SMILES string of the molecule is CCN(CC)CCc1nnnn1CCCC(=O)Oc1ccccc1. The predicted octanol–water partition coefficient (Wildman–Crippen LogP) is 1.94. The van der Waals surface area contributed by atoms with Crippen molar-refractivity contribution in [3.8, 4) is 5.75 Å². The number of carbonyl (C=O) groups is 1. The topological polar surface area (TPSA) is 73.1 Å². The van der Waals surface area contributed by atoms with Gasteiger partial charge < -0.3 is 9.64 Å². The summed E-state index contributed by atoms with van der Waals surface area (Å²) >= 11 is 0. The van der Waals surface area contributed by atoms with Crippen LogP contribution in [-0.4, -0.2) is 50.7 Å². The van der Waals surface area contributed by atoms with E-state index >= 15 is 0 Å². The van der Waals surface area contributed by atoms with E-state index in [9.17, 15) is 4.79 Å². The van der Waals surface area contributed by atoms with E-state index < -0.39 is 0 Å². The number of para-hydroxylation sites is 1. The van der Waals surface area contributed by atoms with E-state index in [0.717, 1.165) is 31.9 Å². The summed E-state index contributed by atoms with van der Waals surface area (Å²) in [6.07, 6.45) is 1.79. The van der Waals surface area contributed by atoms with Crippen molar-refractivity contribution in [2.24, 2.45) is 0 Å². The Morgan fingerprint density at radius 1 is 1.21 bits per heavy atom. The maximum atomic E-state index is 11.8. The number of carbonyl (C=O) groups excluding carboxylic acids is 1. The number of tetrazole rings is 1. The highest BCUT2D eigenvalue weighted by molar-refractivity contribution is 5.72. The van der Waals surface area contributed by atoms with Gasteiger partial charge in [0.2, 0.25) is 0 Å². The molecule has 1 heterocycles. The van der Waals surface area contributed by atoms with Crippen molar-refractivity contribution < 1.29 is 9.53 Å². The van der Waals surface area contributed by atoms with Gasteiger partial charge in [-0.1, -0.05) is 32.0 Å². The van der Waals surface area contributed by atoms with Crippen LogP contribution in [-0.2, 0) is 17.8 Å². The molecule has 0 radical (unpaired) electrons. The van der Waals surface area contributed by atoms with Crippen molar-refractivity contribution >= 4 is 5.97 Å². The third-order valence-corrected chi connectivity index (χ3v) is 3.88. The highest BCUT2D eigenvalue weighted by Gasteiger charge is 2.10. The van der Waals surface area contributed by atoms with Gasteiger partial charge in [-0.15, -0.1) is 5.10 Å². The Kier molecular flexibility index (Phi) is 7.35. The summed E-state index contributed by atoms with van der Waals surface area (Å²) in [5.74, 6) is 1.20. The van der Waals surface area contributed by atoms with Crippen LogP contribution in [0.15, 0.2) is 30.3 Å². The molecule has 2 aromatic rings. The van der Waals surface area contributed by atoms with Crippen LogP contribution in [0.4, 0.5) is 0 Å². The molecule has 0 atom stereocenters. The Morgan fingerprint density at radius 3 is 2.67 bits per heavy atom. The number of likely N-dealkylation sites (N-methyl/N-ethyl adjacent to an activating group) is 1. The molecule has 7 heteroatoms. The lowest BCUT2D eigenvalue weighted by Gasteiger charge is -2.17. The monoisotopic (exact) mass is 331 g/mol. The second-order valence-electron chi connectivity index (χ2n) is 5.49. The lowest BCUT2D eigenvalue weighted by Crippen LogP contribution is -2.26. The predicted molar refractivity (Wildman–Crippen MR) is 90.6 cm³/mol. The molecule has 0 saturated carbocycles. The standard InChI is InChI=1S/C17H25N5O2/c1-3-21(4-2)14-12-16-18-19-20-22(16)13-8-11-17(23)24-15-9-6-5-7-10-15/h5-7,9-10H,3-4,8,11-14H2,1-2H3. The lowest BCUT2D eigenvalue weighted by atomic mass is 10.3. The fourth-order valence-electron chi connectivity index (χ4n) is 2.42. The number of hydrogen-bond donors (Lipinski definition) is 0. The Hall–Kier alpha value is -2.28. The van der Waals surface area contributed by atoms with Crippen LogP contribution in [0.25, 0.3) is 0 Å². The second-order valence-corrected chi connectivity index (χ2v) is 5.49. The summed E-state index contributed by atoms with van der Waals surface area (Å²) in [5.41, 5.74) is 0. The molecule has 2 rings (SSSR count). The molecular weight excluding hydrogens is 306 g/mol. The molecule has 24 heavy (non-hydrogen) atoms. The number of hydrogen-bond acceptors (Lipinski definition) is 6. The molecule has 0 saturated heterocycles. The van der Waals surface area contributed by atoms with Crippen molar-refractivity contribution in [2.75, 3.05) is 19.6 Å². The molecule has 130 valence electrons. The fourth-order valence-corrected chi connectivity index (χ4v) is 2.42. The number of ether oxygens (including phenoxy) is 1. The van der Waals surface area contributed by atoms with Crippen LogP contribution >= 0.6 is 0 Å². The molecular formula is C17H25N5O2. The van der Waals surface area contributed by atoms with Gasteiger partial charge in [0.15, 0.2) is 5.82 Å². The zero-order valence-corrected chi connectivity index (χ0v) is 14.4. The van der Waals surface area contributed by atoms with Gasteiger partial charge in [0.1, 0.15) is 5.75 Å². The molecule has 0 amide bonds. The van der Waals surface area contributed by atoms with Crippen LogP contribution in [0, 0.1) is 0 Å². The first-order valence-electron chi connectivity index (χ1n) is 8.46. The lowest BCUT2D eigenvalue weighted by molar-refractivity contribution is -0.134. The quantitative estimate of drug-likeness (QED) is 0.489. The maximum Gasteiger partial charge on any atom is 0.311 e. The number of benzene rings is 1. The summed E-state index contributed by atoms with van der Waals surface area (Å²) in [6, 6.07) is 9.10. The Labute approximate surface area is 142 Å². The average Bonchev–Trinajstić information content (AvgIpc) is 3.04. The van der Waals surface area contributed by atoms with E-state index in [-0.39, 0.29) is 5.97 Å². The normalized spacial score (nSPS) is 11.0. The van der Waals surface area contributed by atoms with Gasteiger partial charge in [0, 0.05) is 25.9 Å². The van der Waals surface area contributed by atoms with Gasteiger partial charge in [0.05, 0.1) is 0 Å². The molecule has 0 N–H and O–H groups in total. The average molecular weight is 331 g/mol. The van der Waals surface area contributed by atoms with E-state index in [1.165, 1.54) is 0 Å². The van der Waals surface area contributed by atoms with Crippen molar-refractivity contribution in [3.63, 3.8) is 0 Å². The van der Waals surface area contributed by atoms with Crippen LogP contribution in [0.1, 0.15) is 32.5 Å². The maximum absolute atomic E-state index is 11.8. The molecule has 0 spiro atoms. The van der Waals surface area contributed by atoms with E-state index in [4.69, 9.17) is 4.74 Å². The minimum Gasteiger partial charge on any atom is -0.427 e. The first-order valence-corrected chi connectivity index (χ1v) is 8.46. The fraction of sp³-hybridized carbons (Fsp3) is 0.529. The first kappa shape index (κ1) is 18.1. The first-order chi connectivity index (χ1) is 11.7. The number of aryl methyl sites for hydroxylation is 1. The molecule has 0 aliphatic heterocycles. The van der Waals surface area contributed by atoms with E-state index in [1.54, 1.807) is 16.8 Å². The summed E-state index contributed by atoms with van der Waals surface area (Å²) < 4.78 is 7.04. The number of nitrogens with zero attached hydrogens (tertiary/aromatic N) is 5. The molecule has 1 aromatic heterocycles. The van der Waals surface area contributed by atoms with Gasteiger partial charge in [0.25, 0.3) is 0 Å². The minimum absolute atomic E-state index is 0.237. The zero-order chi connectivity index (χ0) is 17.2. The highest BCUT2D eigenvalue weighted by atomic mass is 16.5. The van der Waals surface area contributed by atoms with Gasteiger partial charge in [-0.2, -0.15) is 0 Å². The third kappa shape index (κ3) is 5.73. The Balaban J connectivity index is 1.74. The smallest absolute Gasteiger partial charge is 0.311 e. The highest BCUT2D eigenvalue weighted by Crippen LogP contribution is 2.10. The van der Waals surface area contributed by atoms with Gasteiger partial charge in [-0.05, 0) is 42.1 Å². The van der Waals surface area contributed by atoms with Gasteiger partial charge in [-0.25, -0.2) is 4.68 Å². The Bertz CT molecular complexity index is 610. The van der Waals surface area contributed by atoms with Crippen LogP contribution in [0.5, 0.6) is 5.75 Å². The molecule has 0 bridgehead atoms. The molecule has 1 aromatic carbocycles. The van der Waals surface area contributed by atoms with Crippen molar-refractivity contribution in [2.45, 2.75) is 39.7 Å².